The van der Waals surface area contributed by atoms with E-state index in [0.29, 0.717) is 17.9 Å². The molecule has 11 heteroatoms. The fourth-order valence-electron chi connectivity index (χ4n) is 5.91. The van der Waals surface area contributed by atoms with E-state index >= 15 is 0 Å². The number of nitrogens with zero attached hydrogens (tertiary/aromatic N) is 1. The molecule has 0 spiro atoms. The molecule has 238 valence electrons. The van der Waals surface area contributed by atoms with Crippen LogP contribution in [0.25, 0.3) is 0 Å². The molecule has 3 aromatic carbocycles. The number of hydrogen-bond donors (Lipinski definition) is 4. The van der Waals surface area contributed by atoms with E-state index in [2.05, 4.69) is 10.6 Å². The second-order valence-electron chi connectivity index (χ2n) is 11.8. The largest absolute Gasteiger partial charge is 0.497 e. The number of aliphatic hydroxyl groups excluding tert-OH is 2. The highest BCUT2D eigenvalue weighted by atomic mass is 32.2. The van der Waals surface area contributed by atoms with E-state index in [1.165, 1.54) is 16.7 Å². The van der Waals surface area contributed by atoms with Crippen molar-refractivity contribution in [1.82, 2.24) is 15.5 Å². The van der Waals surface area contributed by atoms with Gasteiger partial charge < -0.3 is 35.2 Å². The van der Waals surface area contributed by atoms with E-state index in [9.17, 15) is 24.6 Å². The smallest absolute Gasteiger partial charge is 0.258 e. The third kappa shape index (κ3) is 7.43. The minimum absolute atomic E-state index is 0.175. The Kier molecular flexibility index (Phi) is 10.0. The van der Waals surface area contributed by atoms with Gasteiger partial charge in [0, 0.05) is 11.2 Å². The minimum atomic E-state index is -1.64. The van der Waals surface area contributed by atoms with E-state index in [1.54, 1.807) is 31.4 Å². The van der Waals surface area contributed by atoms with Gasteiger partial charge in [-0.15, -0.1) is 11.8 Å². The average Bonchev–Trinajstić information content (AvgIpc) is 3.53. The maximum Gasteiger partial charge on any atom is 0.258 e. The van der Waals surface area contributed by atoms with Crippen molar-refractivity contribution in [2.75, 3.05) is 19.6 Å². The van der Waals surface area contributed by atoms with Crippen LogP contribution in [-0.4, -0.2) is 81.5 Å². The number of rotatable bonds is 11. The molecule has 3 aromatic rings. The summed E-state index contributed by atoms with van der Waals surface area (Å²) < 4.78 is 10.1. The van der Waals surface area contributed by atoms with Crippen LogP contribution in [0.1, 0.15) is 36.6 Å². The van der Waals surface area contributed by atoms with Gasteiger partial charge in [0.15, 0.2) is 12.7 Å². The number of ether oxygens (including phenoxy) is 2. The van der Waals surface area contributed by atoms with Crippen molar-refractivity contribution in [3.05, 3.63) is 95.6 Å². The Morgan fingerprint density at radius 3 is 2.38 bits per heavy atom. The van der Waals surface area contributed by atoms with Crippen molar-refractivity contribution in [2.45, 2.75) is 61.8 Å². The molecule has 0 radical (unpaired) electrons. The molecule has 45 heavy (non-hydrogen) atoms. The van der Waals surface area contributed by atoms with Gasteiger partial charge in [0.05, 0.1) is 31.2 Å². The molecule has 0 aromatic heterocycles. The topological polar surface area (TPSA) is 137 Å². The molecular formula is C34H39N3O7S. The predicted octanol–water partition coefficient (Wildman–Crippen LogP) is 2.62. The summed E-state index contributed by atoms with van der Waals surface area (Å²) in [6.45, 7) is 3.42. The Morgan fingerprint density at radius 1 is 1.00 bits per heavy atom. The summed E-state index contributed by atoms with van der Waals surface area (Å²) in [5.41, 5.74) is 2.63. The third-order valence-corrected chi connectivity index (χ3v) is 9.66. The predicted molar refractivity (Wildman–Crippen MR) is 171 cm³/mol. The first-order chi connectivity index (χ1) is 21.6. The Labute approximate surface area is 267 Å². The van der Waals surface area contributed by atoms with Gasteiger partial charge in [-0.2, -0.15) is 0 Å². The van der Waals surface area contributed by atoms with E-state index in [1.807, 2.05) is 68.4 Å². The Morgan fingerprint density at radius 2 is 1.67 bits per heavy atom. The summed E-state index contributed by atoms with van der Waals surface area (Å²) in [7, 11) is 1.55. The van der Waals surface area contributed by atoms with Crippen LogP contribution in [0.3, 0.4) is 0 Å². The molecule has 10 nitrogen and oxygen atoms in total. The molecule has 0 bridgehead atoms. The Bertz CT molecular complexity index is 1500. The second kappa shape index (κ2) is 13.9. The lowest BCUT2D eigenvalue weighted by molar-refractivity contribution is -0.148. The van der Waals surface area contributed by atoms with Gasteiger partial charge in [-0.25, -0.2) is 0 Å². The lowest BCUT2D eigenvalue weighted by Crippen LogP contribution is -2.59. The van der Waals surface area contributed by atoms with Crippen molar-refractivity contribution >= 4 is 29.5 Å². The van der Waals surface area contributed by atoms with Crippen LogP contribution in [-0.2, 0) is 27.2 Å². The highest BCUT2D eigenvalue weighted by Gasteiger charge is 2.50. The van der Waals surface area contributed by atoms with Crippen LogP contribution in [0.5, 0.6) is 11.5 Å². The second-order valence-corrected chi connectivity index (χ2v) is 13.4. The van der Waals surface area contributed by atoms with Crippen LogP contribution in [0.2, 0.25) is 0 Å². The van der Waals surface area contributed by atoms with E-state index < -0.39 is 52.8 Å². The summed E-state index contributed by atoms with van der Waals surface area (Å²) >= 11 is 1.43. The number of hydrogen-bond acceptors (Lipinski definition) is 8. The average molecular weight is 634 g/mol. The molecule has 1 aliphatic carbocycles. The van der Waals surface area contributed by atoms with Gasteiger partial charge in [-0.1, -0.05) is 54.6 Å². The fraction of sp³-hybridized carbons (Fsp3) is 0.382. The van der Waals surface area contributed by atoms with E-state index in [-0.39, 0.29) is 18.9 Å². The first kappa shape index (κ1) is 32.3. The Balaban J connectivity index is 1.30. The van der Waals surface area contributed by atoms with Crippen molar-refractivity contribution in [1.29, 1.82) is 0 Å². The summed E-state index contributed by atoms with van der Waals surface area (Å²) in [6.07, 6.45) is -1.83. The van der Waals surface area contributed by atoms with Gasteiger partial charge >= 0.3 is 0 Å². The van der Waals surface area contributed by atoms with Crippen molar-refractivity contribution in [2.24, 2.45) is 0 Å². The van der Waals surface area contributed by atoms with Crippen LogP contribution in [0, 0.1) is 0 Å². The zero-order chi connectivity index (χ0) is 32.1. The summed E-state index contributed by atoms with van der Waals surface area (Å²) in [4.78, 5) is 42.1. The molecule has 4 N–H and O–H groups in total. The first-order valence-corrected chi connectivity index (χ1v) is 15.8. The number of amides is 3. The van der Waals surface area contributed by atoms with Crippen molar-refractivity contribution < 1.29 is 34.1 Å². The van der Waals surface area contributed by atoms with Crippen molar-refractivity contribution in [3.63, 3.8) is 0 Å². The van der Waals surface area contributed by atoms with Gasteiger partial charge in [-0.05, 0) is 61.2 Å². The van der Waals surface area contributed by atoms with Crippen LogP contribution >= 0.6 is 11.8 Å². The standard InChI is InChI=1S/C34H39N3O7S/c1-34(2)31(32(41)36-29-25-12-8-7-11-22(25)18-27(29)38)37(20-45-34)33(42)30(40)26(17-21-9-5-4-6-10-21)35-28(39)19-44-24-15-13-23(43-3)14-16-24/h4-16,26-27,29-31,38,40H,17-20H2,1-3H3,(H,35,39)(H,36,41)/t26-,27+,29-,30-,31+/m0/s1. The van der Waals surface area contributed by atoms with Gasteiger partial charge in [0.2, 0.25) is 5.91 Å². The fourth-order valence-corrected chi connectivity index (χ4v) is 7.05. The van der Waals surface area contributed by atoms with Crippen LogP contribution in [0.15, 0.2) is 78.9 Å². The maximum absolute atomic E-state index is 13.9. The zero-order valence-electron chi connectivity index (χ0n) is 25.5. The molecule has 0 saturated carbocycles. The molecule has 2 aliphatic rings. The summed E-state index contributed by atoms with van der Waals surface area (Å²) in [5.74, 6) is -0.311. The van der Waals surface area contributed by atoms with Gasteiger partial charge in [-0.3, -0.25) is 14.4 Å². The number of nitrogens with one attached hydrogen (secondary N) is 2. The molecule has 1 fully saturated rings. The van der Waals surface area contributed by atoms with Gasteiger partial charge in [0.25, 0.3) is 11.8 Å². The highest BCUT2D eigenvalue weighted by molar-refractivity contribution is 8.00. The highest BCUT2D eigenvalue weighted by Crippen LogP contribution is 2.41. The molecule has 1 heterocycles. The minimum Gasteiger partial charge on any atom is -0.497 e. The van der Waals surface area contributed by atoms with Crippen molar-refractivity contribution in [3.8, 4) is 11.5 Å². The van der Waals surface area contributed by atoms with E-state index in [0.717, 1.165) is 16.7 Å². The number of fused-ring (bicyclic) bond motifs is 1. The number of carbonyl (C=O) groups excluding carboxylic acids is 3. The first-order valence-electron chi connectivity index (χ1n) is 14.9. The normalized spacial score (nSPS) is 21.4. The molecule has 3 amide bonds. The molecule has 5 atom stereocenters. The molecule has 1 aliphatic heterocycles. The summed E-state index contributed by atoms with van der Waals surface area (Å²) in [6, 6.07) is 21.0. The molecule has 0 unspecified atom stereocenters. The SMILES string of the molecule is COc1ccc(OCC(=O)N[C@@H](Cc2ccccc2)[C@H](O)C(=O)N2CSC(C)(C)[C@H]2C(=O)N[C@H]2c3ccccc3C[C@H]2O)cc1. The number of thioether (sulfide) groups is 1. The zero-order valence-corrected chi connectivity index (χ0v) is 26.3. The lowest BCUT2D eigenvalue weighted by Gasteiger charge is -2.34. The van der Waals surface area contributed by atoms with Crippen LogP contribution in [0.4, 0.5) is 0 Å². The molecule has 5 rings (SSSR count). The maximum atomic E-state index is 13.9. The number of carbonyl (C=O) groups is 3. The molecule has 1 saturated heterocycles. The summed E-state index contributed by atoms with van der Waals surface area (Å²) in [5, 5.41) is 28.0. The number of benzene rings is 3. The van der Waals surface area contributed by atoms with Crippen LogP contribution < -0.4 is 20.1 Å². The monoisotopic (exact) mass is 633 g/mol. The van der Waals surface area contributed by atoms with Gasteiger partial charge in [0.1, 0.15) is 17.5 Å². The quantitative estimate of drug-likeness (QED) is 0.253. The number of aliphatic hydroxyl groups is 2. The van der Waals surface area contributed by atoms with E-state index in [4.69, 9.17) is 9.47 Å². The Hall–Kier alpha value is -4.06. The number of methoxy groups -OCH3 is 1. The third-order valence-electron chi connectivity index (χ3n) is 8.29. The molecular weight excluding hydrogens is 594 g/mol. The lowest BCUT2D eigenvalue weighted by atomic mass is 9.96.